The lowest BCUT2D eigenvalue weighted by Crippen LogP contribution is -2.26. The van der Waals surface area contributed by atoms with Crippen LogP contribution < -0.4 is 16.4 Å². The number of carbonyl (C=O) groups excluding carboxylic acids is 1. The van der Waals surface area contributed by atoms with Gasteiger partial charge < -0.3 is 16.4 Å². The highest BCUT2D eigenvalue weighted by atomic mass is 19.1. The summed E-state index contributed by atoms with van der Waals surface area (Å²) in [6, 6.07) is 14.0. The predicted molar refractivity (Wildman–Crippen MR) is 128 cm³/mol. The van der Waals surface area contributed by atoms with Gasteiger partial charge in [0.1, 0.15) is 11.6 Å². The van der Waals surface area contributed by atoms with Crippen molar-refractivity contribution in [3.63, 3.8) is 0 Å². The number of nitrogens with two attached hydrogens (primary N) is 1. The molecule has 0 radical (unpaired) electrons. The molecule has 4 rings (SSSR count). The molecule has 0 atom stereocenters. The minimum Gasteiger partial charge on any atom is -0.369 e. The number of carbonyl (C=O) groups is 1. The molecule has 0 fully saturated rings. The lowest BCUT2D eigenvalue weighted by atomic mass is 10.1. The second-order valence-electron chi connectivity index (χ2n) is 8.02. The van der Waals surface area contributed by atoms with E-state index in [9.17, 15) is 9.18 Å². The number of halogens is 1. The highest BCUT2D eigenvalue weighted by Gasteiger charge is 2.17. The molecule has 0 aliphatic heterocycles. The Kier molecular flexibility index (Phi) is 7.42. The first-order chi connectivity index (χ1) is 16.1. The molecule has 2 aromatic heterocycles. The predicted octanol–water partition coefficient (Wildman–Crippen LogP) is 4.23. The normalized spacial score (nSPS) is 13.0. The Morgan fingerprint density at radius 3 is 2.85 bits per heavy atom. The number of nitrogens with one attached hydrogen (secondary N) is 2. The molecule has 2 heterocycles. The lowest BCUT2D eigenvalue weighted by Gasteiger charge is -2.14. The number of hydrogen-bond acceptors (Lipinski definition) is 5. The largest absolute Gasteiger partial charge is 0.369 e. The first-order valence-corrected chi connectivity index (χ1v) is 11.2. The molecule has 0 saturated heterocycles. The summed E-state index contributed by atoms with van der Waals surface area (Å²) in [6.45, 7) is 1.16. The Hall–Kier alpha value is -3.58. The summed E-state index contributed by atoms with van der Waals surface area (Å²) in [7, 11) is 0. The van der Waals surface area contributed by atoms with E-state index < -0.39 is 0 Å². The van der Waals surface area contributed by atoms with Crippen molar-refractivity contribution in [1.29, 1.82) is 0 Å². The molecule has 0 saturated carbocycles. The Labute approximate surface area is 193 Å². The first kappa shape index (κ1) is 22.6. The van der Waals surface area contributed by atoms with Crippen LogP contribution in [-0.4, -0.2) is 22.4 Å². The van der Waals surface area contributed by atoms with Crippen LogP contribution in [0.5, 0.6) is 0 Å². The smallest absolute Gasteiger partial charge is 0.255 e. The van der Waals surface area contributed by atoms with Gasteiger partial charge in [-0.15, -0.1) is 0 Å². The molecule has 170 valence electrons. The van der Waals surface area contributed by atoms with Gasteiger partial charge in [-0.25, -0.2) is 9.37 Å². The van der Waals surface area contributed by atoms with Crippen LogP contribution >= 0.6 is 0 Å². The number of anilines is 1. The third kappa shape index (κ3) is 5.81. The summed E-state index contributed by atoms with van der Waals surface area (Å²) in [4.78, 5) is 22.1. The van der Waals surface area contributed by atoms with Crippen molar-refractivity contribution in [3.05, 3.63) is 94.7 Å². The van der Waals surface area contributed by atoms with E-state index in [-0.39, 0.29) is 11.7 Å². The SMILES string of the molecule is NCc1ncccc1CNC(=O)c1ccc(C2=CCCC2)nc1NCCc1cccc(F)c1. The topological polar surface area (TPSA) is 92.9 Å². The van der Waals surface area contributed by atoms with Crippen molar-refractivity contribution in [2.75, 3.05) is 11.9 Å². The summed E-state index contributed by atoms with van der Waals surface area (Å²) >= 11 is 0. The third-order valence-electron chi connectivity index (χ3n) is 5.72. The standard InChI is InChI=1S/C26H28FN5O/c27-21-9-3-5-18(15-21)12-14-30-25-22(10-11-23(32-25)19-6-1-2-7-19)26(33)31-17-20-8-4-13-29-24(20)16-28/h3-6,8-11,13,15H,1-2,7,12,14,16-17,28H2,(H,30,32)(H,31,33). The van der Waals surface area contributed by atoms with Crippen molar-refractivity contribution >= 4 is 17.3 Å². The van der Waals surface area contributed by atoms with E-state index in [0.717, 1.165) is 41.8 Å². The maximum absolute atomic E-state index is 13.5. The number of benzene rings is 1. The summed E-state index contributed by atoms with van der Waals surface area (Å²) < 4.78 is 13.5. The average Bonchev–Trinajstić information content (AvgIpc) is 3.38. The van der Waals surface area contributed by atoms with Gasteiger partial charge in [-0.1, -0.05) is 24.3 Å². The highest BCUT2D eigenvalue weighted by molar-refractivity contribution is 5.99. The Balaban J connectivity index is 1.50. The molecule has 1 aliphatic rings. The minimum absolute atomic E-state index is 0.227. The van der Waals surface area contributed by atoms with E-state index in [2.05, 4.69) is 21.7 Å². The first-order valence-electron chi connectivity index (χ1n) is 11.2. The molecular weight excluding hydrogens is 417 g/mol. The lowest BCUT2D eigenvalue weighted by molar-refractivity contribution is 0.0951. The van der Waals surface area contributed by atoms with Crippen molar-refractivity contribution in [2.24, 2.45) is 5.73 Å². The molecule has 3 aromatic rings. The Bertz CT molecular complexity index is 1160. The number of allylic oxidation sites excluding steroid dienone is 2. The second-order valence-corrected chi connectivity index (χ2v) is 8.02. The fourth-order valence-corrected chi connectivity index (χ4v) is 3.96. The molecule has 0 bridgehead atoms. The summed E-state index contributed by atoms with van der Waals surface area (Å²) in [5.41, 5.74) is 10.8. The van der Waals surface area contributed by atoms with Gasteiger partial charge in [-0.05, 0) is 72.7 Å². The van der Waals surface area contributed by atoms with Crippen LogP contribution in [0, 0.1) is 5.82 Å². The van der Waals surface area contributed by atoms with E-state index in [1.165, 1.54) is 17.7 Å². The number of nitrogens with zero attached hydrogens (tertiary/aromatic N) is 2. The monoisotopic (exact) mass is 445 g/mol. The molecule has 0 spiro atoms. The van der Waals surface area contributed by atoms with Crippen LogP contribution in [0.4, 0.5) is 10.2 Å². The number of amides is 1. The zero-order valence-corrected chi connectivity index (χ0v) is 18.5. The molecule has 4 N–H and O–H groups in total. The molecule has 33 heavy (non-hydrogen) atoms. The second kappa shape index (κ2) is 10.8. The molecular formula is C26H28FN5O. The average molecular weight is 446 g/mol. The minimum atomic E-state index is -0.256. The number of pyridine rings is 2. The summed E-state index contributed by atoms with van der Waals surface area (Å²) in [6.07, 6.45) is 7.67. The number of rotatable bonds is 9. The van der Waals surface area contributed by atoms with E-state index in [1.807, 2.05) is 30.3 Å². The highest BCUT2D eigenvalue weighted by Crippen LogP contribution is 2.28. The zero-order chi connectivity index (χ0) is 23.0. The molecule has 0 unspecified atom stereocenters. The maximum Gasteiger partial charge on any atom is 0.255 e. The van der Waals surface area contributed by atoms with Gasteiger partial charge in [0.2, 0.25) is 0 Å². The van der Waals surface area contributed by atoms with Crippen LogP contribution in [-0.2, 0) is 19.5 Å². The van der Waals surface area contributed by atoms with Gasteiger partial charge in [0.05, 0.1) is 17.0 Å². The van der Waals surface area contributed by atoms with Crippen LogP contribution in [0.15, 0.2) is 60.8 Å². The van der Waals surface area contributed by atoms with Gasteiger partial charge in [0.25, 0.3) is 5.91 Å². The van der Waals surface area contributed by atoms with Crippen LogP contribution in [0.2, 0.25) is 0 Å². The van der Waals surface area contributed by atoms with Crippen LogP contribution in [0.25, 0.3) is 5.57 Å². The molecule has 1 amide bonds. The van der Waals surface area contributed by atoms with E-state index in [0.29, 0.717) is 37.4 Å². The van der Waals surface area contributed by atoms with Gasteiger partial charge >= 0.3 is 0 Å². The molecule has 1 aliphatic carbocycles. The summed E-state index contributed by atoms with van der Waals surface area (Å²) in [5, 5.41) is 6.25. The van der Waals surface area contributed by atoms with Gasteiger partial charge in [0, 0.05) is 25.8 Å². The Morgan fingerprint density at radius 1 is 1.15 bits per heavy atom. The third-order valence-corrected chi connectivity index (χ3v) is 5.72. The van der Waals surface area contributed by atoms with Crippen LogP contribution in [0.1, 0.15) is 52.1 Å². The Morgan fingerprint density at radius 2 is 2.06 bits per heavy atom. The van der Waals surface area contributed by atoms with E-state index >= 15 is 0 Å². The van der Waals surface area contributed by atoms with Crippen LogP contribution in [0.3, 0.4) is 0 Å². The van der Waals surface area contributed by atoms with Crippen molar-refractivity contribution in [2.45, 2.75) is 38.8 Å². The maximum atomic E-state index is 13.5. The molecule has 6 nitrogen and oxygen atoms in total. The molecule has 1 aromatic carbocycles. The molecule has 7 heteroatoms. The number of aromatic nitrogens is 2. The van der Waals surface area contributed by atoms with Gasteiger partial charge in [-0.3, -0.25) is 9.78 Å². The number of hydrogen-bond donors (Lipinski definition) is 3. The van der Waals surface area contributed by atoms with E-state index in [4.69, 9.17) is 10.7 Å². The van der Waals surface area contributed by atoms with E-state index in [1.54, 1.807) is 12.3 Å². The van der Waals surface area contributed by atoms with Gasteiger partial charge in [0.15, 0.2) is 0 Å². The fraction of sp³-hybridized carbons (Fsp3) is 0.269. The quantitative estimate of drug-likeness (QED) is 0.458. The van der Waals surface area contributed by atoms with Crippen molar-refractivity contribution in [1.82, 2.24) is 15.3 Å². The van der Waals surface area contributed by atoms with Gasteiger partial charge in [-0.2, -0.15) is 0 Å². The van der Waals surface area contributed by atoms with Crippen molar-refractivity contribution in [3.8, 4) is 0 Å². The summed E-state index contributed by atoms with van der Waals surface area (Å²) in [5.74, 6) is 0.0436. The van der Waals surface area contributed by atoms with Crippen molar-refractivity contribution < 1.29 is 9.18 Å². The fourth-order valence-electron chi connectivity index (χ4n) is 3.96. The zero-order valence-electron chi connectivity index (χ0n) is 18.5.